The van der Waals surface area contributed by atoms with Crippen molar-refractivity contribution in [2.45, 2.75) is 31.9 Å². The SMILES string of the molecule is O=C(O)c1ccc(COCC2CCC(=O)N2CCc2cc(O)cc(O)c2)s1. The van der Waals surface area contributed by atoms with Gasteiger partial charge in [-0.15, -0.1) is 11.3 Å². The number of carboxylic acids is 1. The number of carbonyl (C=O) groups excluding carboxylic acids is 1. The Morgan fingerprint density at radius 2 is 1.96 bits per heavy atom. The molecular formula is C19H21NO6S. The van der Waals surface area contributed by atoms with Crippen LogP contribution in [0.4, 0.5) is 0 Å². The van der Waals surface area contributed by atoms with Crippen molar-refractivity contribution >= 4 is 23.2 Å². The number of carboxylic acid groups (broad SMARTS) is 1. The number of hydrogen-bond donors (Lipinski definition) is 3. The summed E-state index contributed by atoms with van der Waals surface area (Å²) >= 11 is 1.18. The standard InChI is InChI=1S/C19H21NO6S/c21-14-7-12(8-15(22)9-14)5-6-20-13(1-4-18(20)23)10-26-11-16-2-3-17(27-16)19(24)25/h2-3,7-9,13,21-22H,1,4-6,10-11H2,(H,24,25). The lowest BCUT2D eigenvalue weighted by atomic mass is 10.1. The van der Waals surface area contributed by atoms with Crippen molar-refractivity contribution in [1.82, 2.24) is 4.90 Å². The maximum atomic E-state index is 12.2. The summed E-state index contributed by atoms with van der Waals surface area (Å²) in [5.74, 6) is -0.891. The topological polar surface area (TPSA) is 107 Å². The first-order valence-corrected chi connectivity index (χ1v) is 9.45. The molecule has 1 fully saturated rings. The fourth-order valence-corrected chi connectivity index (χ4v) is 3.97. The molecule has 2 aromatic rings. The van der Waals surface area contributed by atoms with E-state index in [4.69, 9.17) is 9.84 Å². The minimum atomic E-state index is -0.947. The van der Waals surface area contributed by atoms with Gasteiger partial charge in [0, 0.05) is 23.9 Å². The van der Waals surface area contributed by atoms with Gasteiger partial charge < -0.3 is 25.0 Å². The second-order valence-electron chi connectivity index (χ2n) is 6.47. The predicted octanol–water partition coefficient (Wildman–Crippen LogP) is 2.61. The highest BCUT2D eigenvalue weighted by atomic mass is 32.1. The van der Waals surface area contributed by atoms with Crippen LogP contribution in [0.1, 0.15) is 33.0 Å². The number of hydrogen-bond acceptors (Lipinski definition) is 6. The van der Waals surface area contributed by atoms with Gasteiger partial charge in [-0.3, -0.25) is 4.79 Å². The van der Waals surface area contributed by atoms with E-state index in [1.165, 1.54) is 17.4 Å². The van der Waals surface area contributed by atoms with Gasteiger partial charge in [0.1, 0.15) is 16.4 Å². The van der Waals surface area contributed by atoms with Crippen LogP contribution in [0.25, 0.3) is 0 Å². The van der Waals surface area contributed by atoms with E-state index < -0.39 is 5.97 Å². The van der Waals surface area contributed by atoms with E-state index >= 15 is 0 Å². The molecule has 0 aliphatic carbocycles. The van der Waals surface area contributed by atoms with E-state index in [0.29, 0.717) is 32.6 Å². The normalized spacial score (nSPS) is 16.8. The summed E-state index contributed by atoms with van der Waals surface area (Å²) < 4.78 is 5.71. The minimum Gasteiger partial charge on any atom is -0.508 e. The highest BCUT2D eigenvalue weighted by molar-refractivity contribution is 7.13. The fraction of sp³-hybridized carbons (Fsp3) is 0.368. The zero-order chi connectivity index (χ0) is 19.4. The number of rotatable bonds is 8. The highest BCUT2D eigenvalue weighted by Gasteiger charge is 2.30. The molecule has 8 heteroatoms. The maximum Gasteiger partial charge on any atom is 0.345 e. The number of amides is 1. The Hall–Kier alpha value is -2.58. The van der Waals surface area contributed by atoms with Gasteiger partial charge in [0.15, 0.2) is 0 Å². The van der Waals surface area contributed by atoms with Crippen molar-refractivity contribution in [1.29, 1.82) is 0 Å². The summed E-state index contributed by atoms with van der Waals surface area (Å²) in [6.07, 6.45) is 1.72. The number of phenols is 2. The van der Waals surface area contributed by atoms with Crippen molar-refractivity contribution in [2.75, 3.05) is 13.2 Å². The highest BCUT2D eigenvalue weighted by Crippen LogP contribution is 2.24. The van der Waals surface area contributed by atoms with E-state index in [1.807, 2.05) is 0 Å². The molecule has 1 aliphatic rings. The van der Waals surface area contributed by atoms with Crippen LogP contribution < -0.4 is 0 Å². The number of nitrogens with zero attached hydrogens (tertiary/aromatic N) is 1. The summed E-state index contributed by atoms with van der Waals surface area (Å²) in [7, 11) is 0. The molecule has 1 aromatic heterocycles. The van der Waals surface area contributed by atoms with E-state index in [2.05, 4.69) is 0 Å². The van der Waals surface area contributed by atoms with Crippen LogP contribution in [0.5, 0.6) is 11.5 Å². The summed E-state index contributed by atoms with van der Waals surface area (Å²) in [6.45, 7) is 1.19. The van der Waals surface area contributed by atoms with Crippen molar-refractivity contribution in [2.24, 2.45) is 0 Å². The smallest absolute Gasteiger partial charge is 0.345 e. The molecule has 1 unspecified atom stereocenters. The largest absolute Gasteiger partial charge is 0.508 e. The van der Waals surface area contributed by atoms with Gasteiger partial charge in [0.05, 0.1) is 19.3 Å². The van der Waals surface area contributed by atoms with Gasteiger partial charge in [-0.2, -0.15) is 0 Å². The zero-order valence-electron chi connectivity index (χ0n) is 14.6. The molecule has 3 rings (SSSR count). The number of phenolic OH excluding ortho intramolecular Hbond substituents is 2. The quantitative estimate of drug-likeness (QED) is 0.639. The first-order chi connectivity index (χ1) is 12.9. The number of aromatic carboxylic acids is 1. The Kier molecular flexibility index (Phi) is 5.98. The average Bonchev–Trinajstić information content (AvgIpc) is 3.20. The molecule has 0 spiro atoms. The van der Waals surface area contributed by atoms with Crippen LogP contribution >= 0.6 is 11.3 Å². The van der Waals surface area contributed by atoms with Crippen LogP contribution in [0, 0.1) is 0 Å². The van der Waals surface area contributed by atoms with Gasteiger partial charge in [-0.25, -0.2) is 4.79 Å². The van der Waals surface area contributed by atoms with Crippen molar-refractivity contribution in [3.8, 4) is 11.5 Å². The van der Waals surface area contributed by atoms with Crippen LogP contribution in [-0.2, 0) is 22.6 Å². The Balaban J connectivity index is 1.51. The third-order valence-electron chi connectivity index (χ3n) is 4.48. The molecule has 2 heterocycles. The van der Waals surface area contributed by atoms with Gasteiger partial charge in [-0.05, 0) is 42.7 Å². The molecule has 1 amide bonds. The number of carbonyl (C=O) groups is 2. The summed E-state index contributed by atoms with van der Waals surface area (Å²) in [5, 5.41) is 28.0. The molecular weight excluding hydrogens is 370 g/mol. The third-order valence-corrected chi connectivity index (χ3v) is 5.53. The number of benzene rings is 1. The van der Waals surface area contributed by atoms with Crippen LogP contribution in [-0.4, -0.2) is 51.3 Å². The second-order valence-corrected chi connectivity index (χ2v) is 7.64. The number of thiophene rings is 1. The van der Waals surface area contributed by atoms with E-state index in [0.717, 1.165) is 16.9 Å². The second kappa shape index (κ2) is 8.41. The van der Waals surface area contributed by atoms with Gasteiger partial charge in [0.25, 0.3) is 0 Å². The summed E-state index contributed by atoms with van der Waals surface area (Å²) in [5.41, 5.74) is 0.756. The number of aromatic hydroxyl groups is 2. The van der Waals surface area contributed by atoms with Crippen molar-refractivity contribution < 1.29 is 29.6 Å². The molecule has 1 atom stereocenters. The minimum absolute atomic E-state index is 0.00527. The molecule has 1 aliphatic heterocycles. The lowest BCUT2D eigenvalue weighted by Gasteiger charge is -2.24. The third kappa shape index (κ3) is 4.99. The Labute approximate surface area is 160 Å². The first kappa shape index (κ1) is 19.2. The fourth-order valence-electron chi connectivity index (χ4n) is 3.19. The first-order valence-electron chi connectivity index (χ1n) is 8.63. The van der Waals surface area contributed by atoms with E-state index in [1.54, 1.807) is 29.2 Å². The Bertz CT molecular complexity index is 813. The summed E-state index contributed by atoms with van der Waals surface area (Å²) in [6, 6.07) is 7.68. The lowest BCUT2D eigenvalue weighted by Crippen LogP contribution is -2.37. The van der Waals surface area contributed by atoms with Crippen LogP contribution in [0.15, 0.2) is 30.3 Å². The molecule has 27 heavy (non-hydrogen) atoms. The molecule has 7 nitrogen and oxygen atoms in total. The van der Waals surface area contributed by atoms with Gasteiger partial charge in [-0.1, -0.05) is 0 Å². The number of ether oxygens (including phenoxy) is 1. The lowest BCUT2D eigenvalue weighted by molar-refractivity contribution is -0.129. The molecule has 1 saturated heterocycles. The van der Waals surface area contributed by atoms with E-state index in [9.17, 15) is 19.8 Å². The Morgan fingerprint density at radius 1 is 1.22 bits per heavy atom. The molecule has 0 saturated carbocycles. The molecule has 3 N–H and O–H groups in total. The maximum absolute atomic E-state index is 12.2. The monoisotopic (exact) mass is 391 g/mol. The molecule has 0 radical (unpaired) electrons. The zero-order valence-corrected chi connectivity index (χ0v) is 15.4. The van der Waals surface area contributed by atoms with Crippen molar-refractivity contribution in [3.63, 3.8) is 0 Å². The Morgan fingerprint density at radius 3 is 2.63 bits per heavy atom. The average molecular weight is 391 g/mol. The summed E-state index contributed by atoms with van der Waals surface area (Å²) in [4.78, 5) is 25.9. The number of likely N-dealkylation sites (tertiary alicyclic amines) is 1. The molecule has 144 valence electrons. The molecule has 1 aromatic carbocycles. The van der Waals surface area contributed by atoms with Gasteiger partial charge in [0.2, 0.25) is 5.91 Å². The van der Waals surface area contributed by atoms with Crippen LogP contribution in [0.3, 0.4) is 0 Å². The van der Waals surface area contributed by atoms with Crippen molar-refractivity contribution in [3.05, 3.63) is 45.6 Å². The molecule has 0 bridgehead atoms. The van der Waals surface area contributed by atoms with Crippen LogP contribution in [0.2, 0.25) is 0 Å². The predicted molar refractivity (Wildman–Crippen MR) is 99.1 cm³/mol. The van der Waals surface area contributed by atoms with E-state index in [-0.39, 0.29) is 28.3 Å². The van der Waals surface area contributed by atoms with Gasteiger partial charge >= 0.3 is 5.97 Å².